The van der Waals surface area contributed by atoms with E-state index < -0.39 is 0 Å². The molecule has 0 aliphatic rings. The summed E-state index contributed by atoms with van der Waals surface area (Å²) in [7, 11) is 0. The molecule has 0 unspecified atom stereocenters. The van der Waals surface area contributed by atoms with Gasteiger partial charge in [0, 0.05) is 12.4 Å². The van der Waals surface area contributed by atoms with Crippen LogP contribution in [0.5, 0.6) is 0 Å². The molecule has 0 saturated carbocycles. The Morgan fingerprint density at radius 3 is 1.33 bits per heavy atom. The summed E-state index contributed by atoms with van der Waals surface area (Å²) in [5, 5.41) is 15.3. The summed E-state index contributed by atoms with van der Waals surface area (Å²) in [6.07, 6.45) is 2.40. The van der Waals surface area contributed by atoms with E-state index in [0.29, 0.717) is 0 Å². The molecule has 0 spiro atoms. The SMILES string of the molecule is N=C(N)N(N)/C=C/N(N)C(=N)N. The molecule has 0 atom stereocenters. The molecular formula is C4H12N8. The van der Waals surface area contributed by atoms with E-state index in [1.807, 2.05) is 0 Å². The number of guanidine groups is 2. The number of rotatable bonds is 2. The van der Waals surface area contributed by atoms with Crippen molar-refractivity contribution in [1.29, 1.82) is 10.8 Å². The Hall–Kier alpha value is -1.80. The third-order valence-corrected chi connectivity index (χ3v) is 0.944. The smallest absolute Gasteiger partial charge is 0.207 e. The third kappa shape index (κ3) is 3.39. The van der Waals surface area contributed by atoms with Crippen LogP contribution in [0.1, 0.15) is 0 Å². The van der Waals surface area contributed by atoms with E-state index in [4.69, 9.17) is 34.0 Å². The van der Waals surface area contributed by atoms with Crippen molar-refractivity contribution in [3.63, 3.8) is 0 Å². The maximum Gasteiger partial charge on any atom is 0.207 e. The minimum absolute atomic E-state index is 0.344. The van der Waals surface area contributed by atoms with Crippen molar-refractivity contribution < 1.29 is 0 Å². The second kappa shape index (κ2) is 4.16. The second-order valence-electron chi connectivity index (χ2n) is 1.88. The van der Waals surface area contributed by atoms with Gasteiger partial charge in [-0.3, -0.25) is 20.8 Å². The van der Waals surface area contributed by atoms with Gasteiger partial charge in [-0.15, -0.1) is 0 Å². The van der Waals surface area contributed by atoms with Crippen molar-refractivity contribution in [2.24, 2.45) is 23.2 Å². The van der Waals surface area contributed by atoms with E-state index in [0.717, 1.165) is 10.0 Å². The molecule has 0 radical (unpaired) electrons. The maximum absolute atomic E-state index is 6.84. The summed E-state index contributed by atoms with van der Waals surface area (Å²) in [6, 6.07) is 0. The summed E-state index contributed by atoms with van der Waals surface area (Å²) in [6.45, 7) is 0. The van der Waals surface area contributed by atoms with E-state index in [-0.39, 0.29) is 11.9 Å². The highest BCUT2D eigenvalue weighted by Crippen LogP contribution is 1.81. The number of nitrogens with two attached hydrogens (primary N) is 4. The Morgan fingerprint density at radius 1 is 0.917 bits per heavy atom. The van der Waals surface area contributed by atoms with Gasteiger partial charge in [0.15, 0.2) is 0 Å². The molecule has 12 heavy (non-hydrogen) atoms. The summed E-state index contributed by atoms with van der Waals surface area (Å²) in [4.78, 5) is 0. The first kappa shape index (κ1) is 10.2. The molecule has 0 bridgehead atoms. The Morgan fingerprint density at radius 2 is 1.17 bits per heavy atom. The fraction of sp³-hybridized carbons (Fsp3) is 0. The molecule has 0 amide bonds. The fourth-order valence-electron chi connectivity index (χ4n) is 0.304. The van der Waals surface area contributed by atoms with Crippen LogP contribution in [0.15, 0.2) is 12.4 Å². The molecule has 0 rings (SSSR count). The van der Waals surface area contributed by atoms with Crippen LogP contribution in [0.2, 0.25) is 0 Å². The van der Waals surface area contributed by atoms with Gasteiger partial charge in [0.1, 0.15) is 0 Å². The van der Waals surface area contributed by atoms with Gasteiger partial charge in [-0.25, -0.2) is 11.7 Å². The molecule has 0 heterocycles. The van der Waals surface area contributed by atoms with Crippen molar-refractivity contribution in [1.82, 2.24) is 10.0 Å². The predicted octanol–water partition coefficient (Wildman–Crippen LogP) is -2.40. The van der Waals surface area contributed by atoms with E-state index in [1.165, 1.54) is 12.4 Å². The van der Waals surface area contributed by atoms with Crippen molar-refractivity contribution >= 4 is 11.9 Å². The third-order valence-electron chi connectivity index (χ3n) is 0.944. The van der Waals surface area contributed by atoms with E-state index in [9.17, 15) is 0 Å². The van der Waals surface area contributed by atoms with Gasteiger partial charge < -0.3 is 11.5 Å². The van der Waals surface area contributed by atoms with Gasteiger partial charge in [0.2, 0.25) is 11.9 Å². The monoisotopic (exact) mass is 172 g/mol. The Bertz CT molecular complexity index is 185. The number of hydrazine groups is 2. The average Bonchev–Trinajstić information content (AvgIpc) is 1.98. The normalized spacial score (nSPS) is 9.83. The van der Waals surface area contributed by atoms with E-state index in [1.54, 1.807) is 0 Å². The van der Waals surface area contributed by atoms with Crippen molar-refractivity contribution in [3.05, 3.63) is 12.4 Å². The lowest BCUT2D eigenvalue weighted by atomic mass is 10.7. The van der Waals surface area contributed by atoms with Crippen molar-refractivity contribution in [3.8, 4) is 0 Å². The first-order valence-corrected chi connectivity index (χ1v) is 2.89. The number of hydrogen-bond donors (Lipinski definition) is 6. The maximum atomic E-state index is 6.84. The minimum Gasteiger partial charge on any atom is -0.369 e. The number of nitrogens with one attached hydrogen (secondary N) is 2. The van der Waals surface area contributed by atoms with Gasteiger partial charge in [0.25, 0.3) is 0 Å². The standard InChI is InChI=1S/C4H12N8/c5-3(6)11(9)1-2-12(10)4(7)8/h1-2H,9-10H2,(H3,5,6)(H3,7,8)/b2-1+. The summed E-state index contributed by atoms with van der Waals surface area (Å²) >= 11 is 0. The highest BCUT2D eigenvalue weighted by Gasteiger charge is 1.96. The fourth-order valence-corrected chi connectivity index (χ4v) is 0.304. The zero-order valence-corrected chi connectivity index (χ0v) is 6.36. The molecule has 0 fully saturated rings. The lowest BCUT2D eigenvalue weighted by Crippen LogP contribution is -2.41. The molecule has 0 aliphatic carbocycles. The Labute approximate surface area is 69.3 Å². The molecule has 0 aromatic rings. The summed E-state index contributed by atoms with van der Waals surface area (Å²) in [5.74, 6) is 9.65. The average molecular weight is 172 g/mol. The molecule has 10 N–H and O–H groups in total. The van der Waals surface area contributed by atoms with Gasteiger partial charge >= 0.3 is 0 Å². The zero-order valence-electron chi connectivity index (χ0n) is 6.36. The predicted molar refractivity (Wildman–Crippen MR) is 45.0 cm³/mol. The van der Waals surface area contributed by atoms with Gasteiger partial charge in [-0.1, -0.05) is 0 Å². The molecule has 8 heteroatoms. The number of hydrogen-bond acceptors (Lipinski definition) is 4. The lowest BCUT2D eigenvalue weighted by Gasteiger charge is -2.13. The van der Waals surface area contributed by atoms with Crippen LogP contribution >= 0.6 is 0 Å². The number of nitrogens with zero attached hydrogens (tertiary/aromatic N) is 2. The van der Waals surface area contributed by atoms with Gasteiger partial charge in [-0.2, -0.15) is 0 Å². The Balaban J connectivity index is 4.06. The van der Waals surface area contributed by atoms with Crippen molar-refractivity contribution in [2.45, 2.75) is 0 Å². The molecular weight excluding hydrogens is 160 g/mol. The Kier molecular flexibility index (Phi) is 3.53. The quantitative estimate of drug-likeness (QED) is 0.118. The molecule has 0 aromatic carbocycles. The molecule has 68 valence electrons. The zero-order chi connectivity index (χ0) is 9.72. The summed E-state index contributed by atoms with van der Waals surface area (Å²) in [5.41, 5.74) is 9.97. The van der Waals surface area contributed by atoms with Crippen molar-refractivity contribution in [2.75, 3.05) is 0 Å². The van der Waals surface area contributed by atoms with Gasteiger partial charge in [-0.05, 0) is 0 Å². The largest absolute Gasteiger partial charge is 0.369 e. The molecule has 0 aliphatic heterocycles. The minimum atomic E-state index is -0.344. The lowest BCUT2D eigenvalue weighted by molar-refractivity contribution is 0.534. The van der Waals surface area contributed by atoms with Crippen LogP contribution in [0.4, 0.5) is 0 Å². The van der Waals surface area contributed by atoms with Crippen LogP contribution < -0.4 is 23.2 Å². The van der Waals surface area contributed by atoms with Crippen LogP contribution in [0, 0.1) is 10.8 Å². The highest BCUT2D eigenvalue weighted by atomic mass is 15.5. The highest BCUT2D eigenvalue weighted by molar-refractivity contribution is 5.76. The van der Waals surface area contributed by atoms with Crippen LogP contribution in [-0.2, 0) is 0 Å². The topological polar surface area (TPSA) is 158 Å². The second-order valence-corrected chi connectivity index (χ2v) is 1.88. The van der Waals surface area contributed by atoms with Gasteiger partial charge in [0.05, 0.1) is 0 Å². The first-order valence-electron chi connectivity index (χ1n) is 2.89. The molecule has 0 saturated heterocycles. The van der Waals surface area contributed by atoms with E-state index >= 15 is 0 Å². The van der Waals surface area contributed by atoms with Crippen LogP contribution in [0.3, 0.4) is 0 Å². The molecule has 8 nitrogen and oxygen atoms in total. The van der Waals surface area contributed by atoms with E-state index in [2.05, 4.69) is 0 Å². The van der Waals surface area contributed by atoms with Crippen LogP contribution in [-0.4, -0.2) is 21.9 Å². The van der Waals surface area contributed by atoms with Crippen LogP contribution in [0.25, 0.3) is 0 Å². The molecule has 0 aromatic heterocycles. The summed E-state index contributed by atoms with van der Waals surface area (Å²) < 4.78 is 0. The first-order chi connectivity index (χ1) is 5.45.